The number of para-hydroxylation sites is 2. The van der Waals surface area contributed by atoms with Gasteiger partial charge in [0.05, 0.1) is 11.8 Å². The van der Waals surface area contributed by atoms with E-state index < -0.39 is 11.8 Å². The normalized spacial score (nSPS) is 13.8. The summed E-state index contributed by atoms with van der Waals surface area (Å²) in [4.78, 5) is 28.4. The fraction of sp³-hybridized carbons (Fsp3) is 0.312. The molecule has 0 bridgehead atoms. The second-order valence-electron chi connectivity index (χ2n) is 5.55. The molecule has 7 heteroatoms. The molecule has 0 saturated heterocycles. The first kappa shape index (κ1) is 15.1. The van der Waals surface area contributed by atoms with E-state index in [1.165, 1.54) is 4.57 Å². The third kappa shape index (κ3) is 3.03. The minimum absolute atomic E-state index is 0.0898. The van der Waals surface area contributed by atoms with Crippen LogP contribution in [0.3, 0.4) is 0 Å². The van der Waals surface area contributed by atoms with E-state index in [0.29, 0.717) is 17.6 Å². The Balaban J connectivity index is 1.76. The molecule has 0 radical (unpaired) electrons. The summed E-state index contributed by atoms with van der Waals surface area (Å²) in [7, 11) is 0. The van der Waals surface area contributed by atoms with E-state index in [9.17, 15) is 9.59 Å². The van der Waals surface area contributed by atoms with Gasteiger partial charge in [-0.05, 0) is 26.0 Å². The van der Waals surface area contributed by atoms with Crippen LogP contribution in [0.2, 0.25) is 0 Å². The van der Waals surface area contributed by atoms with Crippen LogP contribution >= 0.6 is 0 Å². The first-order valence-electron chi connectivity index (χ1n) is 7.42. The lowest BCUT2D eigenvalue weighted by Crippen LogP contribution is -2.40. The summed E-state index contributed by atoms with van der Waals surface area (Å²) in [5, 5.41) is 2.91. The van der Waals surface area contributed by atoms with Gasteiger partial charge in [0.15, 0.2) is 5.58 Å². The van der Waals surface area contributed by atoms with E-state index in [4.69, 9.17) is 4.42 Å². The van der Waals surface area contributed by atoms with Crippen molar-refractivity contribution >= 4 is 17.0 Å². The first-order chi connectivity index (χ1) is 11.1. The number of imidazole rings is 1. The highest BCUT2D eigenvalue weighted by molar-refractivity contribution is 5.83. The number of hydrogen-bond acceptors (Lipinski definition) is 4. The fourth-order valence-electron chi connectivity index (χ4n) is 2.59. The highest BCUT2D eigenvalue weighted by Crippen LogP contribution is 2.16. The summed E-state index contributed by atoms with van der Waals surface area (Å²) < 4.78 is 8.43. The van der Waals surface area contributed by atoms with Crippen LogP contribution in [0.5, 0.6) is 0 Å². The summed E-state index contributed by atoms with van der Waals surface area (Å²) in [5.74, 6) is -0.762. The predicted molar refractivity (Wildman–Crippen MR) is 85.0 cm³/mol. The number of benzene rings is 1. The van der Waals surface area contributed by atoms with E-state index in [1.807, 2.05) is 17.7 Å². The van der Waals surface area contributed by atoms with Crippen molar-refractivity contribution in [1.29, 1.82) is 0 Å². The van der Waals surface area contributed by atoms with E-state index >= 15 is 0 Å². The van der Waals surface area contributed by atoms with Gasteiger partial charge in [-0.3, -0.25) is 9.36 Å². The average Bonchev–Trinajstić information content (AvgIpc) is 3.12. The van der Waals surface area contributed by atoms with Crippen LogP contribution in [0.15, 0.2) is 52.2 Å². The van der Waals surface area contributed by atoms with E-state index in [2.05, 4.69) is 10.3 Å². The molecular formula is C16H18N4O3. The molecule has 0 spiro atoms. The van der Waals surface area contributed by atoms with Crippen LogP contribution in [0.4, 0.5) is 0 Å². The smallest absolute Gasteiger partial charge is 0.408 e. The van der Waals surface area contributed by atoms with E-state index in [1.54, 1.807) is 43.7 Å². The van der Waals surface area contributed by atoms with Gasteiger partial charge < -0.3 is 14.3 Å². The van der Waals surface area contributed by atoms with Crippen LogP contribution < -0.4 is 11.1 Å². The zero-order valence-corrected chi connectivity index (χ0v) is 13.0. The molecule has 0 fully saturated rings. The molecule has 1 N–H and O–H groups in total. The average molecular weight is 314 g/mol. The van der Waals surface area contributed by atoms with Crippen LogP contribution in [0.25, 0.3) is 11.1 Å². The van der Waals surface area contributed by atoms with Gasteiger partial charge in [-0.15, -0.1) is 0 Å². The van der Waals surface area contributed by atoms with Crippen LogP contribution in [0, 0.1) is 0 Å². The fourth-order valence-corrected chi connectivity index (χ4v) is 2.59. The van der Waals surface area contributed by atoms with Crippen molar-refractivity contribution in [3.8, 4) is 0 Å². The molecule has 2 atom stereocenters. The Kier molecular flexibility index (Phi) is 4.01. The number of aromatic nitrogens is 3. The molecule has 0 aliphatic heterocycles. The number of nitrogens with zero attached hydrogens (tertiary/aromatic N) is 3. The van der Waals surface area contributed by atoms with Gasteiger partial charge in [0.1, 0.15) is 6.04 Å². The number of carbonyl (C=O) groups excluding carboxylic acids is 1. The van der Waals surface area contributed by atoms with E-state index in [-0.39, 0.29) is 11.9 Å². The molecule has 120 valence electrons. The molecule has 23 heavy (non-hydrogen) atoms. The van der Waals surface area contributed by atoms with Gasteiger partial charge in [0.2, 0.25) is 5.91 Å². The lowest BCUT2D eigenvalue weighted by atomic mass is 10.2. The predicted octanol–water partition coefficient (Wildman–Crippen LogP) is 1.56. The van der Waals surface area contributed by atoms with Crippen LogP contribution in [-0.2, 0) is 11.3 Å². The first-order valence-corrected chi connectivity index (χ1v) is 7.42. The molecule has 1 aromatic carbocycles. The van der Waals surface area contributed by atoms with Crippen LogP contribution in [-0.4, -0.2) is 26.1 Å². The van der Waals surface area contributed by atoms with Crippen molar-refractivity contribution in [2.24, 2.45) is 0 Å². The van der Waals surface area contributed by atoms with Crippen molar-refractivity contribution in [3.63, 3.8) is 0 Å². The van der Waals surface area contributed by atoms with E-state index in [0.717, 1.165) is 0 Å². The molecule has 2 heterocycles. The van der Waals surface area contributed by atoms with Crippen molar-refractivity contribution in [2.45, 2.75) is 32.5 Å². The Hall–Kier alpha value is -2.83. The lowest BCUT2D eigenvalue weighted by Gasteiger charge is -2.18. The standard InChI is InChI=1S/C16H18N4O3/c1-11(9-19-8-7-17-10-19)18-15(21)12(2)20-13-5-3-4-6-14(13)23-16(20)22/h3-8,10-12H,9H2,1-2H3,(H,18,21). The van der Waals surface area contributed by atoms with Crippen LogP contribution in [0.1, 0.15) is 19.9 Å². The van der Waals surface area contributed by atoms with Gasteiger partial charge in [0.25, 0.3) is 0 Å². The Morgan fingerprint density at radius 2 is 2.13 bits per heavy atom. The SMILES string of the molecule is CC(Cn1ccnc1)NC(=O)C(C)n1c(=O)oc2ccccc21. The van der Waals surface area contributed by atoms with Crippen molar-refractivity contribution in [2.75, 3.05) is 0 Å². The molecule has 3 aromatic rings. The van der Waals surface area contributed by atoms with Gasteiger partial charge in [-0.2, -0.15) is 0 Å². The molecule has 3 rings (SSSR count). The topological polar surface area (TPSA) is 82.1 Å². The maximum absolute atomic E-state index is 12.4. The highest BCUT2D eigenvalue weighted by atomic mass is 16.4. The van der Waals surface area contributed by atoms with Gasteiger partial charge >= 0.3 is 5.76 Å². The van der Waals surface area contributed by atoms with Crippen molar-refractivity contribution in [1.82, 2.24) is 19.4 Å². The van der Waals surface area contributed by atoms with Crippen molar-refractivity contribution in [3.05, 3.63) is 53.5 Å². The number of amides is 1. The lowest BCUT2D eigenvalue weighted by molar-refractivity contribution is -0.124. The van der Waals surface area contributed by atoms with Crippen molar-refractivity contribution < 1.29 is 9.21 Å². The number of nitrogens with one attached hydrogen (secondary N) is 1. The maximum atomic E-state index is 12.4. The third-order valence-electron chi connectivity index (χ3n) is 3.72. The highest BCUT2D eigenvalue weighted by Gasteiger charge is 2.22. The number of hydrogen-bond donors (Lipinski definition) is 1. The van der Waals surface area contributed by atoms with Gasteiger partial charge in [0, 0.05) is 25.0 Å². The van der Waals surface area contributed by atoms with Gasteiger partial charge in [-0.1, -0.05) is 12.1 Å². The molecule has 1 amide bonds. The quantitative estimate of drug-likeness (QED) is 0.775. The number of carbonyl (C=O) groups is 1. The second-order valence-corrected chi connectivity index (χ2v) is 5.55. The second kappa shape index (κ2) is 6.12. The summed E-state index contributed by atoms with van der Waals surface area (Å²) in [6.07, 6.45) is 5.22. The molecule has 2 aromatic heterocycles. The Morgan fingerprint density at radius 1 is 1.35 bits per heavy atom. The summed E-state index contributed by atoms with van der Waals surface area (Å²) in [5.41, 5.74) is 1.09. The molecular weight excluding hydrogens is 296 g/mol. The molecule has 0 aliphatic rings. The Morgan fingerprint density at radius 3 is 2.87 bits per heavy atom. The monoisotopic (exact) mass is 314 g/mol. The Labute approximate surface area is 132 Å². The largest absolute Gasteiger partial charge is 0.420 e. The molecule has 0 saturated carbocycles. The summed E-state index contributed by atoms with van der Waals surface area (Å²) in [6, 6.07) is 6.32. The minimum atomic E-state index is -0.656. The molecule has 7 nitrogen and oxygen atoms in total. The molecule has 2 unspecified atom stereocenters. The van der Waals surface area contributed by atoms with Gasteiger partial charge in [-0.25, -0.2) is 9.78 Å². The third-order valence-corrected chi connectivity index (χ3v) is 3.72. The Bertz CT molecular complexity index is 863. The maximum Gasteiger partial charge on any atom is 0.420 e. The zero-order valence-electron chi connectivity index (χ0n) is 13.0. The number of fused-ring (bicyclic) bond motifs is 1. The minimum Gasteiger partial charge on any atom is -0.408 e. The number of rotatable bonds is 5. The summed E-state index contributed by atoms with van der Waals surface area (Å²) >= 11 is 0. The summed E-state index contributed by atoms with van der Waals surface area (Å²) in [6.45, 7) is 4.20. The zero-order chi connectivity index (χ0) is 16.4. The number of oxazole rings is 1. The molecule has 0 aliphatic carbocycles.